The van der Waals surface area contributed by atoms with Crippen molar-refractivity contribution < 1.29 is 8.81 Å². The summed E-state index contributed by atoms with van der Waals surface area (Å²) in [7, 11) is 1.84. The summed E-state index contributed by atoms with van der Waals surface area (Å²) in [4.78, 5) is 1.84. The number of hydrogen-bond donors (Lipinski definition) is 1. The summed E-state index contributed by atoms with van der Waals surface area (Å²) >= 11 is 0. The summed E-state index contributed by atoms with van der Waals surface area (Å²) in [6.45, 7) is 0.556. The molecule has 2 N–H and O–H groups in total. The van der Waals surface area contributed by atoms with Gasteiger partial charge in [-0.15, -0.1) is 0 Å². The Bertz CT molecular complexity index is 468. The molecular formula is C12H13FN2O. The van der Waals surface area contributed by atoms with Gasteiger partial charge in [-0.05, 0) is 24.3 Å². The molecule has 0 aliphatic rings. The Labute approximate surface area is 93.3 Å². The van der Waals surface area contributed by atoms with Crippen LogP contribution in [-0.2, 0) is 6.54 Å². The van der Waals surface area contributed by atoms with Crippen molar-refractivity contribution in [2.45, 2.75) is 6.54 Å². The van der Waals surface area contributed by atoms with Gasteiger partial charge in [0.15, 0.2) is 0 Å². The van der Waals surface area contributed by atoms with Crippen molar-refractivity contribution in [1.82, 2.24) is 0 Å². The summed E-state index contributed by atoms with van der Waals surface area (Å²) in [6.07, 6.45) is 1.61. The summed E-state index contributed by atoms with van der Waals surface area (Å²) in [5.41, 5.74) is 6.49. The van der Waals surface area contributed by atoms with Crippen LogP contribution in [0.5, 0.6) is 0 Å². The average molecular weight is 220 g/mol. The second kappa shape index (κ2) is 4.26. The molecule has 1 aromatic carbocycles. The molecule has 0 aliphatic heterocycles. The highest BCUT2D eigenvalue weighted by Gasteiger charge is 2.10. The van der Waals surface area contributed by atoms with Crippen LogP contribution < -0.4 is 10.6 Å². The van der Waals surface area contributed by atoms with E-state index in [2.05, 4.69) is 0 Å². The fourth-order valence-corrected chi connectivity index (χ4v) is 1.58. The summed E-state index contributed by atoms with van der Waals surface area (Å²) in [6, 6.07) is 8.45. The minimum absolute atomic E-state index is 0.163. The van der Waals surface area contributed by atoms with Crippen molar-refractivity contribution in [3.63, 3.8) is 0 Å². The van der Waals surface area contributed by atoms with Crippen molar-refractivity contribution in [1.29, 1.82) is 0 Å². The number of rotatable bonds is 3. The molecule has 4 heteroatoms. The Morgan fingerprint density at radius 3 is 2.81 bits per heavy atom. The van der Waals surface area contributed by atoms with Crippen molar-refractivity contribution in [2.75, 3.05) is 17.7 Å². The Morgan fingerprint density at radius 1 is 1.31 bits per heavy atom. The molecular weight excluding hydrogens is 207 g/mol. The van der Waals surface area contributed by atoms with E-state index in [1.165, 1.54) is 6.07 Å². The van der Waals surface area contributed by atoms with Crippen LogP contribution in [-0.4, -0.2) is 7.05 Å². The number of nitrogens with zero attached hydrogens (tertiary/aromatic N) is 1. The van der Waals surface area contributed by atoms with E-state index in [-0.39, 0.29) is 5.69 Å². The second-order valence-electron chi connectivity index (χ2n) is 3.61. The number of anilines is 2. The summed E-state index contributed by atoms with van der Waals surface area (Å²) < 4.78 is 18.5. The first-order valence-electron chi connectivity index (χ1n) is 4.96. The number of halogens is 1. The molecule has 0 spiro atoms. The highest BCUT2D eigenvalue weighted by atomic mass is 19.1. The average Bonchev–Trinajstić information content (AvgIpc) is 2.74. The smallest absolute Gasteiger partial charge is 0.148 e. The van der Waals surface area contributed by atoms with Crippen molar-refractivity contribution in [2.24, 2.45) is 0 Å². The maximum absolute atomic E-state index is 13.2. The number of benzene rings is 1. The first kappa shape index (κ1) is 10.5. The molecule has 16 heavy (non-hydrogen) atoms. The summed E-state index contributed by atoms with van der Waals surface area (Å²) in [5, 5.41) is 0. The third-order valence-corrected chi connectivity index (χ3v) is 2.41. The fourth-order valence-electron chi connectivity index (χ4n) is 1.58. The van der Waals surface area contributed by atoms with Gasteiger partial charge in [0.1, 0.15) is 11.6 Å². The summed E-state index contributed by atoms with van der Waals surface area (Å²) in [5.74, 6) is 0.412. The number of para-hydroxylation sites is 1. The van der Waals surface area contributed by atoms with Crippen LogP contribution in [0.25, 0.3) is 0 Å². The van der Waals surface area contributed by atoms with E-state index >= 15 is 0 Å². The van der Waals surface area contributed by atoms with E-state index in [4.69, 9.17) is 10.2 Å². The molecule has 1 heterocycles. The molecule has 0 amide bonds. The molecule has 3 nitrogen and oxygen atoms in total. The molecule has 2 rings (SSSR count). The molecule has 0 bridgehead atoms. The third kappa shape index (κ3) is 2.00. The third-order valence-electron chi connectivity index (χ3n) is 2.41. The molecule has 0 fully saturated rings. The Morgan fingerprint density at radius 2 is 2.12 bits per heavy atom. The van der Waals surface area contributed by atoms with Gasteiger partial charge in [0.25, 0.3) is 0 Å². The number of nitrogens with two attached hydrogens (primary N) is 1. The molecule has 0 unspecified atom stereocenters. The minimum atomic E-state index is -0.399. The van der Waals surface area contributed by atoms with Crippen LogP contribution in [0, 0.1) is 5.82 Å². The predicted molar refractivity (Wildman–Crippen MR) is 61.6 cm³/mol. The largest absolute Gasteiger partial charge is 0.467 e. The first-order valence-corrected chi connectivity index (χ1v) is 4.96. The topological polar surface area (TPSA) is 42.4 Å². The quantitative estimate of drug-likeness (QED) is 0.808. The molecule has 84 valence electrons. The van der Waals surface area contributed by atoms with Crippen LogP contribution in [0.15, 0.2) is 41.0 Å². The van der Waals surface area contributed by atoms with E-state index in [9.17, 15) is 4.39 Å². The Balaban J connectivity index is 2.21. The van der Waals surface area contributed by atoms with Gasteiger partial charge in [-0.3, -0.25) is 0 Å². The molecule has 0 saturated carbocycles. The highest BCUT2D eigenvalue weighted by Crippen LogP contribution is 2.25. The lowest BCUT2D eigenvalue weighted by atomic mass is 10.2. The van der Waals surface area contributed by atoms with Crippen LogP contribution in [0.3, 0.4) is 0 Å². The normalized spacial score (nSPS) is 10.4. The van der Waals surface area contributed by atoms with E-state index in [0.717, 1.165) is 5.76 Å². The first-order chi connectivity index (χ1) is 7.68. The standard InChI is InChI=1S/C12H13FN2O/c1-15(8-9-4-3-7-16-9)11-6-2-5-10(13)12(11)14/h2-7H,8,14H2,1H3. The van der Waals surface area contributed by atoms with Crippen LogP contribution >= 0.6 is 0 Å². The lowest BCUT2D eigenvalue weighted by Gasteiger charge is -2.19. The molecule has 0 atom stereocenters. The van der Waals surface area contributed by atoms with Gasteiger partial charge in [-0.2, -0.15) is 0 Å². The van der Waals surface area contributed by atoms with Gasteiger partial charge in [0, 0.05) is 7.05 Å². The van der Waals surface area contributed by atoms with Gasteiger partial charge in [-0.1, -0.05) is 6.07 Å². The van der Waals surface area contributed by atoms with E-state index < -0.39 is 5.82 Å². The maximum Gasteiger partial charge on any atom is 0.148 e. The van der Waals surface area contributed by atoms with Gasteiger partial charge >= 0.3 is 0 Å². The van der Waals surface area contributed by atoms with Crippen LogP contribution in [0.2, 0.25) is 0 Å². The van der Waals surface area contributed by atoms with Gasteiger partial charge in [-0.25, -0.2) is 4.39 Å². The molecule has 0 saturated heterocycles. The number of nitrogen functional groups attached to an aromatic ring is 1. The Hall–Kier alpha value is -1.97. The van der Waals surface area contributed by atoms with Gasteiger partial charge in [0.2, 0.25) is 0 Å². The van der Waals surface area contributed by atoms with Crippen molar-refractivity contribution in [3.05, 3.63) is 48.2 Å². The van der Waals surface area contributed by atoms with Gasteiger partial charge in [0.05, 0.1) is 24.2 Å². The Kier molecular flexibility index (Phi) is 2.81. The highest BCUT2D eigenvalue weighted by molar-refractivity contribution is 5.67. The zero-order valence-electron chi connectivity index (χ0n) is 8.98. The second-order valence-corrected chi connectivity index (χ2v) is 3.61. The predicted octanol–water partition coefficient (Wildman–Crippen LogP) is 2.64. The van der Waals surface area contributed by atoms with E-state index in [1.807, 2.05) is 24.1 Å². The lowest BCUT2D eigenvalue weighted by molar-refractivity contribution is 0.507. The number of hydrogen-bond acceptors (Lipinski definition) is 3. The molecule has 0 radical (unpaired) electrons. The van der Waals surface area contributed by atoms with Crippen molar-refractivity contribution >= 4 is 11.4 Å². The zero-order chi connectivity index (χ0) is 11.5. The van der Waals surface area contributed by atoms with Crippen LogP contribution in [0.4, 0.5) is 15.8 Å². The SMILES string of the molecule is CN(Cc1ccco1)c1cccc(F)c1N. The zero-order valence-corrected chi connectivity index (χ0v) is 8.98. The number of furan rings is 1. The van der Waals surface area contributed by atoms with Crippen molar-refractivity contribution in [3.8, 4) is 0 Å². The van der Waals surface area contributed by atoms with E-state index in [1.54, 1.807) is 18.4 Å². The monoisotopic (exact) mass is 220 g/mol. The fraction of sp³-hybridized carbons (Fsp3) is 0.167. The lowest BCUT2D eigenvalue weighted by Crippen LogP contribution is -2.17. The molecule has 2 aromatic rings. The maximum atomic E-state index is 13.2. The minimum Gasteiger partial charge on any atom is -0.467 e. The van der Waals surface area contributed by atoms with Gasteiger partial charge < -0.3 is 15.1 Å². The van der Waals surface area contributed by atoms with Crippen LogP contribution in [0.1, 0.15) is 5.76 Å². The molecule has 1 aromatic heterocycles. The van der Waals surface area contributed by atoms with E-state index in [0.29, 0.717) is 12.2 Å². The molecule has 0 aliphatic carbocycles.